The molecule has 0 aliphatic rings. The lowest BCUT2D eigenvalue weighted by Gasteiger charge is -2.20. The van der Waals surface area contributed by atoms with Gasteiger partial charge in [-0.2, -0.15) is 0 Å². The molecule has 0 amide bonds. The maximum Gasteiger partial charge on any atom is 0.0346 e. The van der Waals surface area contributed by atoms with E-state index in [1.54, 1.807) is 0 Å². The van der Waals surface area contributed by atoms with Gasteiger partial charge in [0.1, 0.15) is 0 Å². The zero-order chi connectivity index (χ0) is 13.0. The predicted octanol–water partition coefficient (Wildman–Crippen LogP) is 3.33. The lowest BCUT2D eigenvalue weighted by atomic mass is 10.1. The molecule has 2 aromatic rings. The van der Waals surface area contributed by atoms with Crippen molar-refractivity contribution in [2.75, 3.05) is 20.1 Å². The first kappa shape index (κ1) is 13.5. The van der Waals surface area contributed by atoms with Crippen molar-refractivity contribution >= 4 is 21.4 Å². The van der Waals surface area contributed by atoms with Gasteiger partial charge in [-0.3, -0.25) is 0 Å². The fourth-order valence-corrected chi connectivity index (χ4v) is 3.08. The molecule has 0 spiro atoms. The van der Waals surface area contributed by atoms with Crippen LogP contribution in [0.1, 0.15) is 19.4 Å². The topological polar surface area (TPSA) is 15.3 Å². The van der Waals surface area contributed by atoms with Gasteiger partial charge in [-0.1, -0.05) is 25.1 Å². The zero-order valence-corrected chi connectivity index (χ0v) is 12.3. The van der Waals surface area contributed by atoms with Crippen molar-refractivity contribution in [2.24, 2.45) is 0 Å². The van der Waals surface area contributed by atoms with Crippen LogP contribution in [-0.2, 0) is 6.54 Å². The van der Waals surface area contributed by atoms with Crippen LogP contribution in [0, 0.1) is 0 Å². The van der Waals surface area contributed by atoms with Crippen molar-refractivity contribution in [3.63, 3.8) is 0 Å². The first-order valence-corrected chi connectivity index (χ1v) is 7.45. The molecular weight excluding hydrogens is 240 g/mol. The van der Waals surface area contributed by atoms with Gasteiger partial charge in [0.25, 0.3) is 0 Å². The van der Waals surface area contributed by atoms with Gasteiger partial charge in [-0.15, -0.1) is 11.3 Å². The van der Waals surface area contributed by atoms with E-state index in [1.165, 1.54) is 15.6 Å². The molecule has 0 aliphatic carbocycles. The van der Waals surface area contributed by atoms with Crippen LogP contribution in [0.15, 0.2) is 29.6 Å². The Morgan fingerprint density at radius 1 is 1.33 bits per heavy atom. The molecule has 1 atom stereocenters. The number of hydrogen-bond donors (Lipinski definition) is 1. The van der Waals surface area contributed by atoms with Crippen molar-refractivity contribution in [1.29, 1.82) is 0 Å². The number of benzene rings is 1. The normalized spacial score (nSPS) is 13.3. The highest BCUT2D eigenvalue weighted by molar-refractivity contribution is 7.17. The molecule has 1 N–H and O–H groups in total. The molecule has 0 saturated carbocycles. The Morgan fingerprint density at radius 3 is 2.89 bits per heavy atom. The van der Waals surface area contributed by atoms with Crippen molar-refractivity contribution in [3.05, 3.63) is 35.2 Å². The molecule has 1 unspecified atom stereocenters. The van der Waals surface area contributed by atoms with E-state index in [1.807, 2.05) is 11.3 Å². The summed E-state index contributed by atoms with van der Waals surface area (Å²) < 4.78 is 1.38. The third-order valence-electron chi connectivity index (χ3n) is 3.33. The van der Waals surface area contributed by atoms with E-state index >= 15 is 0 Å². The summed E-state index contributed by atoms with van der Waals surface area (Å²) in [7, 11) is 2.16. The van der Waals surface area contributed by atoms with E-state index in [-0.39, 0.29) is 0 Å². The molecule has 0 fully saturated rings. The molecule has 0 saturated heterocycles. The van der Waals surface area contributed by atoms with E-state index in [0.717, 1.165) is 19.6 Å². The third-order valence-corrected chi connectivity index (χ3v) is 4.34. The smallest absolute Gasteiger partial charge is 0.0346 e. The number of rotatable bonds is 6. The van der Waals surface area contributed by atoms with Gasteiger partial charge in [0, 0.05) is 23.8 Å². The van der Waals surface area contributed by atoms with Gasteiger partial charge in [0.05, 0.1) is 0 Å². The molecule has 2 nitrogen and oxygen atoms in total. The molecule has 1 aromatic heterocycles. The Hall–Kier alpha value is -0.900. The standard InChI is InChI=1S/C15H22N2S/c1-4-17(3)10-12(2)16-9-13-11-18-15-8-6-5-7-14(13)15/h5-8,11-12,16H,4,9-10H2,1-3H3. The van der Waals surface area contributed by atoms with Crippen LogP contribution in [0.3, 0.4) is 0 Å². The third kappa shape index (κ3) is 3.31. The van der Waals surface area contributed by atoms with E-state index in [4.69, 9.17) is 0 Å². The summed E-state index contributed by atoms with van der Waals surface area (Å²) in [6.07, 6.45) is 0. The van der Waals surface area contributed by atoms with Crippen LogP contribution in [0.25, 0.3) is 10.1 Å². The SMILES string of the molecule is CCN(C)CC(C)NCc1csc2ccccc12. The zero-order valence-electron chi connectivity index (χ0n) is 11.4. The summed E-state index contributed by atoms with van der Waals surface area (Å²) >= 11 is 1.83. The highest BCUT2D eigenvalue weighted by atomic mass is 32.1. The lowest BCUT2D eigenvalue weighted by Crippen LogP contribution is -2.36. The molecule has 2 rings (SSSR count). The van der Waals surface area contributed by atoms with E-state index < -0.39 is 0 Å². The second-order valence-corrected chi connectivity index (χ2v) is 5.81. The van der Waals surface area contributed by atoms with E-state index in [2.05, 4.69) is 60.8 Å². The fourth-order valence-electron chi connectivity index (χ4n) is 2.12. The maximum absolute atomic E-state index is 3.61. The number of hydrogen-bond acceptors (Lipinski definition) is 3. The summed E-state index contributed by atoms with van der Waals surface area (Å²) in [5.74, 6) is 0. The van der Waals surface area contributed by atoms with Crippen LogP contribution in [-0.4, -0.2) is 31.1 Å². The summed E-state index contributed by atoms with van der Waals surface area (Å²) in [5.41, 5.74) is 1.42. The Bertz CT molecular complexity index is 492. The minimum absolute atomic E-state index is 0.522. The molecule has 1 aromatic carbocycles. The largest absolute Gasteiger partial charge is 0.309 e. The Balaban J connectivity index is 1.94. The second-order valence-electron chi connectivity index (χ2n) is 4.89. The minimum atomic E-state index is 0.522. The summed E-state index contributed by atoms with van der Waals surface area (Å²) in [4.78, 5) is 2.34. The number of nitrogens with one attached hydrogen (secondary N) is 1. The molecular formula is C15H22N2S. The van der Waals surface area contributed by atoms with Gasteiger partial charge >= 0.3 is 0 Å². The first-order valence-electron chi connectivity index (χ1n) is 6.57. The minimum Gasteiger partial charge on any atom is -0.309 e. The van der Waals surface area contributed by atoms with Crippen LogP contribution in [0.4, 0.5) is 0 Å². The number of likely N-dealkylation sites (N-methyl/N-ethyl adjacent to an activating group) is 1. The highest BCUT2D eigenvalue weighted by Gasteiger charge is 2.07. The van der Waals surface area contributed by atoms with Crippen molar-refractivity contribution in [3.8, 4) is 0 Å². The van der Waals surface area contributed by atoms with E-state index in [9.17, 15) is 0 Å². The van der Waals surface area contributed by atoms with Crippen LogP contribution in [0.2, 0.25) is 0 Å². The van der Waals surface area contributed by atoms with Gasteiger partial charge in [-0.25, -0.2) is 0 Å². The van der Waals surface area contributed by atoms with Crippen LogP contribution < -0.4 is 5.32 Å². The van der Waals surface area contributed by atoms with Crippen molar-refractivity contribution < 1.29 is 0 Å². The Kier molecular flexibility index (Phi) is 4.75. The van der Waals surface area contributed by atoms with Crippen LogP contribution in [0.5, 0.6) is 0 Å². The number of thiophene rings is 1. The summed E-state index contributed by atoms with van der Waals surface area (Å²) in [6.45, 7) is 7.61. The predicted molar refractivity (Wildman–Crippen MR) is 81.3 cm³/mol. The molecule has 1 heterocycles. The van der Waals surface area contributed by atoms with E-state index in [0.29, 0.717) is 6.04 Å². The second kappa shape index (κ2) is 6.32. The molecule has 0 aliphatic heterocycles. The fraction of sp³-hybridized carbons (Fsp3) is 0.467. The monoisotopic (exact) mass is 262 g/mol. The molecule has 0 bridgehead atoms. The first-order chi connectivity index (χ1) is 8.70. The van der Waals surface area contributed by atoms with Gasteiger partial charge in [-0.05, 0) is 42.9 Å². The Morgan fingerprint density at radius 2 is 2.11 bits per heavy atom. The van der Waals surface area contributed by atoms with Gasteiger partial charge in [0.15, 0.2) is 0 Å². The van der Waals surface area contributed by atoms with Crippen molar-refractivity contribution in [2.45, 2.75) is 26.4 Å². The van der Waals surface area contributed by atoms with Gasteiger partial charge in [0.2, 0.25) is 0 Å². The number of nitrogens with zero attached hydrogens (tertiary/aromatic N) is 1. The molecule has 0 radical (unpaired) electrons. The summed E-state index contributed by atoms with van der Waals surface area (Å²) in [6, 6.07) is 9.15. The van der Waals surface area contributed by atoms with Crippen molar-refractivity contribution in [1.82, 2.24) is 10.2 Å². The quantitative estimate of drug-likeness (QED) is 0.859. The molecule has 18 heavy (non-hydrogen) atoms. The summed E-state index contributed by atoms with van der Waals surface area (Å²) in [5, 5.41) is 7.27. The van der Waals surface area contributed by atoms with Crippen LogP contribution >= 0.6 is 11.3 Å². The maximum atomic E-state index is 3.61. The molecule has 3 heteroatoms. The Labute approximate surface area is 114 Å². The average molecular weight is 262 g/mol. The number of fused-ring (bicyclic) bond motifs is 1. The van der Waals surface area contributed by atoms with Gasteiger partial charge < -0.3 is 10.2 Å². The average Bonchev–Trinajstić information content (AvgIpc) is 2.79. The lowest BCUT2D eigenvalue weighted by molar-refractivity contribution is 0.309. The highest BCUT2D eigenvalue weighted by Crippen LogP contribution is 2.25. The molecule has 98 valence electrons.